The molecule has 1 aromatic carbocycles. The molecule has 0 radical (unpaired) electrons. The Morgan fingerprint density at radius 3 is 2.65 bits per heavy atom. The van der Waals surface area contributed by atoms with E-state index in [0.717, 1.165) is 16.0 Å². The number of aryl methyl sites for hydroxylation is 2. The Morgan fingerprint density at radius 1 is 1.30 bits per heavy atom. The van der Waals surface area contributed by atoms with Crippen LogP contribution in [-0.2, 0) is 11.3 Å². The van der Waals surface area contributed by atoms with Crippen molar-refractivity contribution in [2.45, 2.75) is 20.5 Å². The first-order valence-corrected chi connectivity index (χ1v) is 6.99. The molecule has 0 amide bonds. The van der Waals surface area contributed by atoms with Crippen LogP contribution in [0.2, 0.25) is 0 Å². The Bertz CT molecular complexity index is 615. The molecule has 1 heterocycles. The van der Waals surface area contributed by atoms with E-state index in [4.69, 9.17) is 15.2 Å². The number of ether oxygens (including phenoxy) is 2. The van der Waals surface area contributed by atoms with Crippen molar-refractivity contribution in [2.24, 2.45) is 0 Å². The van der Waals surface area contributed by atoms with E-state index in [-0.39, 0.29) is 12.6 Å². The number of benzene rings is 1. The summed E-state index contributed by atoms with van der Waals surface area (Å²) < 4.78 is 10.6. The van der Waals surface area contributed by atoms with Crippen LogP contribution in [-0.4, -0.2) is 13.1 Å². The standard InChI is InChI=1S/C15H17NO3S/c1-9-4-5-13(18-3)11(6-9)8-19-15(17)14-7-12(16)10(2)20-14/h4-7H,8,16H2,1-3H3. The first-order chi connectivity index (χ1) is 9.51. The quantitative estimate of drug-likeness (QED) is 0.878. The molecule has 2 aromatic rings. The summed E-state index contributed by atoms with van der Waals surface area (Å²) in [7, 11) is 1.60. The van der Waals surface area contributed by atoms with E-state index in [1.807, 2.05) is 32.0 Å². The molecular formula is C15H17NO3S. The lowest BCUT2D eigenvalue weighted by Gasteiger charge is -2.09. The van der Waals surface area contributed by atoms with Gasteiger partial charge in [-0.3, -0.25) is 0 Å². The fraction of sp³-hybridized carbons (Fsp3) is 0.267. The van der Waals surface area contributed by atoms with Crippen LogP contribution < -0.4 is 10.5 Å². The van der Waals surface area contributed by atoms with Crippen molar-refractivity contribution in [2.75, 3.05) is 12.8 Å². The summed E-state index contributed by atoms with van der Waals surface area (Å²) in [6, 6.07) is 7.41. The van der Waals surface area contributed by atoms with Gasteiger partial charge in [0.2, 0.25) is 0 Å². The molecule has 2 N–H and O–H groups in total. The zero-order chi connectivity index (χ0) is 14.7. The molecule has 0 fully saturated rings. The summed E-state index contributed by atoms with van der Waals surface area (Å²) in [5, 5.41) is 0. The minimum atomic E-state index is -0.363. The number of methoxy groups -OCH3 is 1. The Labute approximate surface area is 122 Å². The summed E-state index contributed by atoms with van der Waals surface area (Å²) >= 11 is 1.34. The maximum absolute atomic E-state index is 12.0. The molecule has 0 aliphatic rings. The maximum Gasteiger partial charge on any atom is 0.348 e. The summed E-state index contributed by atoms with van der Waals surface area (Å²) in [5.74, 6) is 0.351. The molecule has 20 heavy (non-hydrogen) atoms. The van der Waals surface area contributed by atoms with E-state index in [2.05, 4.69) is 0 Å². The summed E-state index contributed by atoms with van der Waals surface area (Å²) in [4.78, 5) is 13.4. The predicted octanol–water partition coefficient (Wildman–Crippen LogP) is 3.31. The molecule has 1 aromatic heterocycles. The lowest BCUT2D eigenvalue weighted by molar-refractivity contribution is 0.0476. The molecular weight excluding hydrogens is 274 g/mol. The van der Waals surface area contributed by atoms with Gasteiger partial charge >= 0.3 is 5.97 Å². The van der Waals surface area contributed by atoms with Gasteiger partial charge in [-0.1, -0.05) is 11.6 Å². The molecule has 0 aliphatic heterocycles. The summed E-state index contributed by atoms with van der Waals surface area (Å²) in [6.45, 7) is 4.04. The van der Waals surface area contributed by atoms with E-state index >= 15 is 0 Å². The van der Waals surface area contributed by atoms with Gasteiger partial charge in [0.25, 0.3) is 0 Å². The lowest BCUT2D eigenvalue weighted by Crippen LogP contribution is -2.04. The molecule has 0 aliphatic carbocycles. The minimum absolute atomic E-state index is 0.181. The van der Waals surface area contributed by atoms with E-state index in [0.29, 0.717) is 16.3 Å². The predicted molar refractivity (Wildman–Crippen MR) is 80.3 cm³/mol. The molecule has 0 unspecified atom stereocenters. The molecule has 0 bridgehead atoms. The monoisotopic (exact) mass is 291 g/mol. The number of anilines is 1. The zero-order valence-electron chi connectivity index (χ0n) is 11.7. The van der Waals surface area contributed by atoms with Crippen molar-refractivity contribution < 1.29 is 14.3 Å². The Morgan fingerprint density at radius 2 is 2.05 bits per heavy atom. The van der Waals surface area contributed by atoms with E-state index in [1.165, 1.54) is 11.3 Å². The molecule has 106 valence electrons. The number of esters is 1. The van der Waals surface area contributed by atoms with Crippen LogP contribution in [0.4, 0.5) is 5.69 Å². The van der Waals surface area contributed by atoms with E-state index in [9.17, 15) is 4.79 Å². The highest BCUT2D eigenvalue weighted by Gasteiger charge is 2.13. The number of hydrogen-bond acceptors (Lipinski definition) is 5. The molecule has 4 nitrogen and oxygen atoms in total. The number of nitrogens with two attached hydrogens (primary N) is 1. The molecule has 0 saturated heterocycles. The van der Waals surface area contributed by atoms with Gasteiger partial charge in [0.05, 0.1) is 7.11 Å². The van der Waals surface area contributed by atoms with Crippen molar-refractivity contribution in [3.63, 3.8) is 0 Å². The summed E-state index contributed by atoms with van der Waals surface area (Å²) in [6.07, 6.45) is 0. The molecule has 0 saturated carbocycles. The topological polar surface area (TPSA) is 61.5 Å². The third-order valence-corrected chi connectivity index (χ3v) is 4.00. The van der Waals surface area contributed by atoms with Crippen molar-refractivity contribution >= 4 is 23.0 Å². The van der Waals surface area contributed by atoms with E-state index < -0.39 is 0 Å². The number of rotatable bonds is 4. The number of hydrogen-bond donors (Lipinski definition) is 1. The normalized spacial score (nSPS) is 10.3. The van der Waals surface area contributed by atoms with Gasteiger partial charge in [-0.25, -0.2) is 4.79 Å². The van der Waals surface area contributed by atoms with Crippen LogP contribution in [0.25, 0.3) is 0 Å². The van der Waals surface area contributed by atoms with Crippen molar-refractivity contribution in [3.05, 3.63) is 45.1 Å². The van der Waals surface area contributed by atoms with Crippen molar-refractivity contribution in [1.29, 1.82) is 0 Å². The second-order valence-electron chi connectivity index (χ2n) is 4.51. The Hall–Kier alpha value is -2.01. The first kappa shape index (κ1) is 14.4. The molecule has 0 spiro atoms. The second kappa shape index (κ2) is 5.96. The average molecular weight is 291 g/mol. The van der Waals surface area contributed by atoms with Crippen LogP contribution in [0.1, 0.15) is 25.7 Å². The SMILES string of the molecule is COc1ccc(C)cc1COC(=O)c1cc(N)c(C)s1. The zero-order valence-corrected chi connectivity index (χ0v) is 12.5. The summed E-state index contributed by atoms with van der Waals surface area (Å²) in [5.41, 5.74) is 8.29. The minimum Gasteiger partial charge on any atom is -0.496 e. The largest absolute Gasteiger partial charge is 0.496 e. The number of thiophene rings is 1. The Kier molecular flexibility index (Phi) is 4.29. The van der Waals surface area contributed by atoms with Gasteiger partial charge < -0.3 is 15.2 Å². The number of carbonyl (C=O) groups is 1. The highest BCUT2D eigenvalue weighted by atomic mass is 32.1. The fourth-order valence-corrected chi connectivity index (χ4v) is 2.67. The maximum atomic E-state index is 12.0. The van der Waals surface area contributed by atoms with Crippen molar-refractivity contribution in [1.82, 2.24) is 0 Å². The molecule has 2 rings (SSSR count). The fourth-order valence-electron chi connectivity index (χ4n) is 1.83. The van der Waals surface area contributed by atoms with Crippen LogP contribution >= 0.6 is 11.3 Å². The van der Waals surface area contributed by atoms with Crippen molar-refractivity contribution in [3.8, 4) is 5.75 Å². The Balaban J connectivity index is 2.08. The second-order valence-corrected chi connectivity index (χ2v) is 5.77. The van der Waals surface area contributed by atoms with Crippen LogP contribution in [0.3, 0.4) is 0 Å². The van der Waals surface area contributed by atoms with Gasteiger partial charge in [-0.15, -0.1) is 11.3 Å². The van der Waals surface area contributed by atoms with Gasteiger partial charge in [0, 0.05) is 16.1 Å². The molecule has 5 heteroatoms. The van der Waals surface area contributed by atoms with Gasteiger partial charge in [0.15, 0.2) is 0 Å². The van der Waals surface area contributed by atoms with Gasteiger partial charge in [-0.05, 0) is 32.0 Å². The number of nitrogen functional groups attached to an aromatic ring is 1. The third kappa shape index (κ3) is 3.11. The van der Waals surface area contributed by atoms with Gasteiger partial charge in [-0.2, -0.15) is 0 Å². The average Bonchev–Trinajstić information content (AvgIpc) is 2.76. The van der Waals surface area contributed by atoms with Crippen LogP contribution in [0, 0.1) is 13.8 Å². The lowest BCUT2D eigenvalue weighted by atomic mass is 10.1. The van der Waals surface area contributed by atoms with Gasteiger partial charge in [0.1, 0.15) is 17.2 Å². The van der Waals surface area contributed by atoms with Crippen LogP contribution in [0.15, 0.2) is 24.3 Å². The highest BCUT2D eigenvalue weighted by molar-refractivity contribution is 7.14. The number of carbonyl (C=O) groups excluding carboxylic acids is 1. The molecule has 0 atom stereocenters. The van der Waals surface area contributed by atoms with E-state index in [1.54, 1.807) is 13.2 Å². The highest BCUT2D eigenvalue weighted by Crippen LogP contribution is 2.25. The first-order valence-electron chi connectivity index (χ1n) is 6.18. The smallest absolute Gasteiger partial charge is 0.348 e. The third-order valence-electron chi connectivity index (χ3n) is 2.95. The van der Waals surface area contributed by atoms with Crippen LogP contribution in [0.5, 0.6) is 5.75 Å².